The predicted octanol–water partition coefficient (Wildman–Crippen LogP) is 4.97. The molecule has 3 fully saturated rings. The fourth-order valence-corrected chi connectivity index (χ4v) is 5.87. The van der Waals surface area contributed by atoms with Crippen molar-refractivity contribution in [2.24, 2.45) is 11.8 Å². The number of terminal acetylenes is 1. The summed E-state index contributed by atoms with van der Waals surface area (Å²) in [4.78, 5) is 23.9. The summed E-state index contributed by atoms with van der Waals surface area (Å²) in [6.45, 7) is 4.31. The molecule has 2 heterocycles. The van der Waals surface area contributed by atoms with E-state index >= 15 is 0 Å². The molecule has 1 aromatic carbocycles. The predicted molar refractivity (Wildman–Crippen MR) is 154 cm³/mol. The molecule has 0 spiro atoms. The lowest BCUT2D eigenvalue weighted by Gasteiger charge is -2.30. The van der Waals surface area contributed by atoms with Gasteiger partial charge in [-0.2, -0.15) is 0 Å². The first-order valence-corrected chi connectivity index (χ1v) is 15.1. The van der Waals surface area contributed by atoms with E-state index in [4.69, 9.17) is 39.6 Å². The standard InChI is InChI=1S/C33H44O9/c1-4-25(39-23(2)34)20-29-28(30(21-31(29)40-24(3)35)42-33-15-9-11-19-37-33)17-16-27(41-32-14-8-10-18-36-32)22-38-26-12-6-5-7-13-26/h1,5-7,12-13,16-17,25,27-33H,8-11,14-15,18-22H2,2-3H3/b17-16+/t25?,27-,28-,29-,30-,31+,32?,33?/m1/s1. The first-order valence-electron chi connectivity index (χ1n) is 15.1. The number of hydrogen-bond acceptors (Lipinski definition) is 9. The van der Waals surface area contributed by atoms with Gasteiger partial charge in [-0.1, -0.05) is 36.3 Å². The van der Waals surface area contributed by atoms with Crippen molar-refractivity contribution >= 4 is 11.9 Å². The molecule has 0 bridgehead atoms. The summed E-state index contributed by atoms with van der Waals surface area (Å²) in [5.74, 6) is 1.98. The largest absolute Gasteiger partial charge is 0.491 e. The Labute approximate surface area is 249 Å². The Kier molecular flexibility index (Phi) is 12.7. The van der Waals surface area contributed by atoms with Gasteiger partial charge < -0.3 is 33.2 Å². The zero-order chi connectivity index (χ0) is 29.7. The van der Waals surface area contributed by atoms with Gasteiger partial charge in [0.1, 0.15) is 24.6 Å². The van der Waals surface area contributed by atoms with Gasteiger partial charge in [0, 0.05) is 51.7 Å². The summed E-state index contributed by atoms with van der Waals surface area (Å²) in [5.41, 5.74) is 0. The summed E-state index contributed by atoms with van der Waals surface area (Å²) in [5, 5.41) is 0. The van der Waals surface area contributed by atoms with Crippen LogP contribution in [-0.2, 0) is 38.0 Å². The number of rotatable bonds is 13. The maximum Gasteiger partial charge on any atom is 0.303 e. The molecule has 0 radical (unpaired) electrons. The summed E-state index contributed by atoms with van der Waals surface area (Å²) < 4.78 is 41.8. The van der Waals surface area contributed by atoms with E-state index in [1.165, 1.54) is 13.8 Å². The van der Waals surface area contributed by atoms with E-state index < -0.39 is 24.3 Å². The number of ether oxygens (including phenoxy) is 7. The van der Waals surface area contributed by atoms with Crippen LogP contribution >= 0.6 is 0 Å². The summed E-state index contributed by atoms with van der Waals surface area (Å²) in [6.07, 6.45) is 13.6. The minimum absolute atomic E-state index is 0.221. The lowest BCUT2D eigenvalue weighted by molar-refractivity contribution is -0.193. The van der Waals surface area contributed by atoms with E-state index in [9.17, 15) is 9.59 Å². The second-order valence-corrected chi connectivity index (χ2v) is 11.1. The molecule has 3 unspecified atom stereocenters. The van der Waals surface area contributed by atoms with E-state index in [0.29, 0.717) is 26.1 Å². The zero-order valence-corrected chi connectivity index (χ0v) is 24.7. The first kappa shape index (κ1) is 32.0. The third-order valence-electron chi connectivity index (χ3n) is 7.80. The van der Waals surface area contributed by atoms with Crippen LogP contribution in [0.1, 0.15) is 65.2 Å². The summed E-state index contributed by atoms with van der Waals surface area (Å²) in [6, 6.07) is 9.58. The Bertz CT molecular complexity index is 1040. The summed E-state index contributed by atoms with van der Waals surface area (Å²) >= 11 is 0. The van der Waals surface area contributed by atoms with Gasteiger partial charge in [-0.15, -0.1) is 6.42 Å². The molecule has 9 nitrogen and oxygen atoms in total. The minimum atomic E-state index is -0.768. The molecular formula is C33H44O9. The molecule has 0 amide bonds. The number of hydrogen-bond donors (Lipinski definition) is 0. The van der Waals surface area contributed by atoms with Crippen LogP contribution < -0.4 is 4.74 Å². The maximum absolute atomic E-state index is 12.1. The number of carbonyl (C=O) groups is 2. The van der Waals surface area contributed by atoms with E-state index in [0.717, 1.165) is 44.3 Å². The van der Waals surface area contributed by atoms with Gasteiger partial charge in [-0.05, 0) is 50.7 Å². The smallest absolute Gasteiger partial charge is 0.303 e. The highest BCUT2D eigenvalue weighted by atomic mass is 16.7. The van der Waals surface area contributed by atoms with Gasteiger partial charge in [-0.25, -0.2) is 0 Å². The van der Waals surface area contributed by atoms with E-state index in [1.54, 1.807) is 0 Å². The fraction of sp³-hybridized carbons (Fsp3) is 0.636. The molecule has 3 aliphatic rings. The van der Waals surface area contributed by atoms with Crippen LogP contribution in [-0.4, -0.2) is 68.8 Å². The van der Waals surface area contributed by atoms with Crippen molar-refractivity contribution in [3.8, 4) is 18.1 Å². The quantitative estimate of drug-likeness (QED) is 0.181. The number of benzene rings is 1. The third-order valence-corrected chi connectivity index (χ3v) is 7.80. The van der Waals surface area contributed by atoms with Crippen molar-refractivity contribution < 1.29 is 42.7 Å². The second kappa shape index (κ2) is 16.7. The first-order chi connectivity index (χ1) is 20.4. The van der Waals surface area contributed by atoms with Crippen molar-refractivity contribution in [3.63, 3.8) is 0 Å². The van der Waals surface area contributed by atoms with Gasteiger partial charge >= 0.3 is 11.9 Å². The van der Waals surface area contributed by atoms with Gasteiger partial charge in [-0.3, -0.25) is 9.59 Å². The Hall–Kier alpha value is -2.90. The van der Waals surface area contributed by atoms with Crippen molar-refractivity contribution in [3.05, 3.63) is 42.5 Å². The molecular weight excluding hydrogens is 540 g/mol. The average Bonchev–Trinajstić information content (AvgIpc) is 3.29. The normalized spacial score (nSPS) is 29.4. The fourth-order valence-electron chi connectivity index (χ4n) is 5.87. The van der Waals surface area contributed by atoms with Crippen LogP contribution in [0.5, 0.6) is 5.75 Å². The van der Waals surface area contributed by atoms with E-state index in [1.807, 2.05) is 42.5 Å². The summed E-state index contributed by atoms with van der Waals surface area (Å²) in [7, 11) is 0. The number of esters is 2. The Balaban J connectivity index is 1.58. The SMILES string of the molecule is C#CC(C[C@@H]1[C@@H](/C=C/[C@H](COc2ccccc2)OC2CCCCO2)[C@H](OC2CCCCO2)C[C@@H]1OC(C)=O)OC(C)=O. The lowest BCUT2D eigenvalue weighted by atomic mass is 9.87. The topological polar surface area (TPSA) is 98.8 Å². The van der Waals surface area contributed by atoms with Crippen molar-refractivity contribution in [1.82, 2.24) is 0 Å². The Morgan fingerprint density at radius 1 is 1.00 bits per heavy atom. The molecule has 42 heavy (non-hydrogen) atoms. The van der Waals surface area contributed by atoms with Gasteiger partial charge in [0.25, 0.3) is 0 Å². The Morgan fingerprint density at radius 2 is 1.71 bits per heavy atom. The highest BCUT2D eigenvalue weighted by molar-refractivity contribution is 5.66. The van der Waals surface area contributed by atoms with E-state index in [-0.39, 0.29) is 43.1 Å². The van der Waals surface area contributed by atoms with Crippen LogP contribution in [0.15, 0.2) is 42.5 Å². The molecule has 1 aliphatic carbocycles. The van der Waals surface area contributed by atoms with Crippen molar-refractivity contribution in [2.45, 2.75) is 102 Å². The highest BCUT2D eigenvalue weighted by Crippen LogP contribution is 2.42. The van der Waals surface area contributed by atoms with Crippen LogP contribution in [0.4, 0.5) is 0 Å². The molecule has 4 rings (SSSR count). The number of para-hydroxylation sites is 1. The molecule has 1 saturated carbocycles. The van der Waals surface area contributed by atoms with Crippen molar-refractivity contribution in [2.75, 3.05) is 19.8 Å². The van der Waals surface area contributed by atoms with Crippen LogP contribution in [0, 0.1) is 24.2 Å². The molecule has 2 saturated heterocycles. The molecule has 0 N–H and O–H groups in total. The van der Waals surface area contributed by atoms with Gasteiger partial charge in [0.15, 0.2) is 18.7 Å². The molecule has 230 valence electrons. The van der Waals surface area contributed by atoms with Gasteiger partial charge in [0.2, 0.25) is 0 Å². The molecule has 9 heteroatoms. The minimum Gasteiger partial charge on any atom is -0.491 e. The Morgan fingerprint density at radius 3 is 2.33 bits per heavy atom. The third kappa shape index (κ3) is 10.1. The average molecular weight is 585 g/mol. The number of carbonyl (C=O) groups excluding carboxylic acids is 2. The lowest BCUT2D eigenvalue weighted by Crippen LogP contribution is -2.33. The second-order valence-electron chi connectivity index (χ2n) is 11.1. The van der Waals surface area contributed by atoms with Crippen LogP contribution in [0.3, 0.4) is 0 Å². The molecule has 8 atom stereocenters. The molecule has 1 aromatic rings. The van der Waals surface area contributed by atoms with Gasteiger partial charge in [0.05, 0.1) is 6.10 Å². The highest BCUT2D eigenvalue weighted by Gasteiger charge is 2.46. The van der Waals surface area contributed by atoms with Crippen LogP contribution in [0.2, 0.25) is 0 Å². The molecule has 0 aromatic heterocycles. The van der Waals surface area contributed by atoms with Crippen LogP contribution in [0.25, 0.3) is 0 Å². The maximum atomic E-state index is 12.1. The van der Waals surface area contributed by atoms with Crippen molar-refractivity contribution in [1.29, 1.82) is 0 Å². The zero-order valence-electron chi connectivity index (χ0n) is 24.7. The van der Waals surface area contributed by atoms with E-state index in [2.05, 4.69) is 5.92 Å². The monoisotopic (exact) mass is 584 g/mol. The molecule has 2 aliphatic heterocycles.